The van der Waals surface area contributed by atoms with Crippen LogP contribution in [0.5, 0.6) is 0 Å². The van der Waals surface area contributed by atoms with E-state index in [0.717, 1.165) is 6.42 Å². The predicted octanol–water partition coefficient (Wildman–Crippen LogP) is 5.04. The Kier molecular flexibility index (Phi) is 7.18. The van der Waals surface area contributed by atoms with E-state index in [-0.39, 0.29) is 0 Å². The van der Waals surface area contributed by atoms with Crippen molar-refractivity contribution in [2.75, 3.05) is 0 Å². The second kappa shape index (κ2) is 7.61. The van der Waals surface area contributed by atoms with Crippen LogP contribution in [0.2, 0.25) is 0 Å². The van der Waals surface area contributed by atoms with Crippen molar-refractivity contribution in [3.05, 3.63) is 35.5 Å². The van der Waals surface area contributed by atoms with Crippen LogP contribution in [0, 0.1) is 0 Å². The summed E-state index contributed by atoms with van der Waals surface area (Å²) in [6.45, 7) is 12.5. The third-order valence-corrected chi connectivity index (χ3v) is 2.16. The lowest BCUT2D eigenvalue weighted by atomic mass is 10.1. The number of hydrogen-bond acceptors (Lipinski definition) is 0. The van der Waals surface area contributed by atoms with E-state index in [1.807, 2.05) is 0 Å². The van der Waals surface area contributed by atoms with E-state index >= 15 is 0 Å². The van der Waals surface area contributed by atoms with Crippen LogP contribution in [0.25, 0.3) is 0 Å². The van der Waals surface area contributed by atoms with Crippen LogP contribution >= 0.6 is 0 Å². The highest BCUT2D eigenvalue weighted by Crippen LogP contribution is 2.10. The molecule has 0 aromatic rings. The maximum absolute atomic E-state index is 3.91. The fraction of sp³-hybridized carbons (Fsp3) is 0.571. The Morgan fingerprint density at radius 3 is 2.00 bits per heavy atom. The van der Waals surface area contributed by atoms with Crippen molar-refractivity contribution in [3.8, 4) is 0 Å². The smallest absolute Gasteiger partial charge is 0.0286 e. The zero-order chi connectivity index (χ0) is 11.0. The third kappa shape index (κ3) is 9.31. The lowest BCUT2D eigenvalue weighted by Crippen LogP contribution is -1.80. The summed E-state index contributed by atoms with van der Waals surface area (Å²) >= 11 is 0. The van der Waals surface area contributed by atoms with Gasteiger partial charge in [-0.25, -0.2) is 0 Å². The standard InChI is InChI=1S/C14H24/c1-12(2)8-6-7-9-14(5)11-10-13(3)4/h8-9H,3,6-7,10-11H2,1-2,4-5H3/b14-9+. The quantitative estimate of drug-likeness (QED) is 0.409. The van der Waals surface area contributed by atoms with Gasteiger partial charge in [-0.1, -0.05) is 28.9 Å². The summed E-state index contributed by atoms with van der Waals surface area (Å²) in [5, 5.41) is 0. The molecule has 0 aliphatic carbocycles. The lowest BCUT2D eigenvalue weighted by Gasteiger charge is -2.00. The van der Waals surface area contributed by atoms with Crippen molar-refractivity contribution >= 4 is 0 Å². The Balaban J connectivity index is 3.66. The molecule has 0 unspecified atom stereocenters. The van der Waals surface area contributed by atoms with Gasteiger partial charge in [-0.3, -0.25) is 0 Å². The minimum absolute atomic E-state index is 1.13. The van der Waals surface area contributed by atoms with Crippen molar-refractivity contribution in [2.45, 2.75) is 53.4 Å². The first-order valence-corrected chi connectivity index (χ1v) is 5.45. The highest BCUT2D eigenvalue weighted by atomic mass is 14.0. The van der Waals surface area contributed by atoms with Crippen LogP contribution in [0.3, 0.4) is 0 Å². The van der Waals surface area contributed by atoms with Crippen LogP contribution in [0.15, 0.2) is 35.5 Å². The Bertz CT molecular complexity index is 224. The van der Waals surface area contributed by atoms with Gasteiger partial charge in [-0.05, 0) is 53.4 Å². The molecule has 0 heterocycles. The van der Waals surface area contributed by atoms with Gasteiger partial charge in [0.05, 0.1) is 0 Å². The fourth-order valence-corrected chi connectivity index (χ4v) is 1.21. The van der Waals surface area contributed by atoms with E-state index in [1.165, 1.54) is 36.0 Å². The molecule has 0 aromatic carbocycles. The number of allylic oxidation sites excluding steroid dienone is 5. The van der Waals surface area contributed by atoms with Gasteiger partial charge < -0.3 is 0 Å². The van der Waals surface area contributed by atoms with Crippen molar-refractivity contribution in [2.24, 2.45) is 0 Å². The Morgan fingerprint density at radius 1 is 0.929 bits per heavy atom. The van der Waals surface area contributed by atoms with Crippen LogP contribution in [-0.4, -0.2) is 0 Å². The minimum atomic E-state index is 1.13. The van der Waals surface area contributed by atoms with E-state index in [0.29, 0.717) is 0 Å². The van der Waals surface area contributed by atoms with Crippen LogP contribution in [0.1, 0.15) is 53.4 Å². The van der Waals surface area contributed by atoms with Gasteiger partial charge >= 0.3 is 0 Å². The Morgan fingerprint density at radius 2 is 1.50 bits per heavy atom. The molecule has 0 rings (SSSR count). The molecule has 0 N–H and O–H groups in total. The largest absolute Gasteiger partial charge is 0.100 e. The molecule has 80 valence electrons. The maximum atomic E-state index is 3.91. The second-order valence-corrected chi connectivity index (χ2v) is 4.37. The van der Waals surface area contributed by atoms with Gasteiger partial charge in [0, 0.05) is 0 Å². The molecule has 0 radical (unpaired) electrons. The SMILES string of the molecule is C=C(C)CC/C(C)=C/CCC=C(C)C. The molecule has 0 bridgehead atoms. The highest BCUT2D eigenvalue weighted by molar-refractivity contribution is 5.03. The molecule has 0 fully saturated rings. The second-order valence-electron chi connectivity index (χ2n) is 4.37. The van der Waals surface area contributed by atoms with Gasteiger partial charge in [0.2, 0.25) is 0 Å². The van der Waals surface area contributed by atoms with Crippen molar-refractivity contribution in [1.29, 1.82) is 0 Å². The topological polar surface area (TPSA) is 0 Å². The summed E-state index contributed by atoms with van der Waals surface area (Å²) in [6.07, 6.45) is 9.29. The Hall–Kier alpha value is -0.780. The lowest BCUT2D eigenvalue weighted by molar-refractivity contribution is 0.907. The van der Waals surface area contributed by atoms with Gasteiger partial charge in [0.15, 0.2) is 0 Å². The first-order chi connectivity index (χ1) is 6.52. The van der Waals surface area contributed by atoms with Gasteiger partial charge in [-0.2, -0.15) is 0 Å². The molecule has 0 saturated heterocycles. The molecule has 0 heteroatoms. The zero-order valence-electron chi connectivity index (χ0n) is 10.2. The first kappa shape index (κ1) is 13.2. The molecule has 0 aliphatic rings. The molecule has 0 spiro atoms. The van der Waals surface area contributed by atoms with Crippen LogP contribution in [-0.2, 0) is 0 Å². The average molecular weight is 192 g/mol. The normalized spacial score (nSPS) is 11.3. The van der Waals surface area contributed by atoms with Crippen molar-refractivity contribution in [3.63, 3.8) is 0 Å². The molecule has 0 atom stereocenters. The number of rotatable bonds is 6. The number of hydrogen-bond donors (Lipinski definition) is 0. The average Bonchev–Trinajstić information content (AvgIpc) is 2.08. The van der Waals surface area contributed by atoms with E-state index in [2.05, 4.69) is 46.4 Å². The maximum Gasteiger partial charge on any atom is -0.0286 e. The minimum Gasteiger partial charge on any atom is -0.100 e. The summed E-state index contributed by atoms with van der Waals surface area (Å²) in [5.74, 6) is 0. The fourth-order valence-electron chi connectivity index (χ4n) is 1.21. The summed E-state index contributed by atoms with van der Waals surface area (Å²) < 4.78 is 0. The van der Waals surface area contributed by atoms with Crippen molar-refractivity contribution < 1.29 is 0 Å². The van der Waals surface area contributed by atoms with Gasteiger partial charge in [0.25, 0.3) is 0 Å². The predicted molar refractivity (Wildman–Crippen MR) is 66.5 cm³/mol. The molecule has 0 aromatic heterocycles. The molecule has 0 saturated carbocycles. The molecule has 0 nitrogen and oxygen atoms in total. The summed E-state index contributed by atoms with van der Waals surface area (Å²) in [7, 11) is 0. The van der Waals surface area contributed by atoms with E-state index in [4.69, 9.17) is 0 Å². The van der Waals surface area contributed by atoms with Crippen LogP contribution < -0.4 is 0 Å². The first-order valence-electron chi connectivity index (χ1n) is 5.45. The zero-order valence-corrected chi connectivity index (χ0v) is 10.2. The summed E-state index contributed by atoms with van der Waals surface area (Å²) in [6, 6.07) is 0. The highest BCUT2D eigenvalue weighted by Gasteiger charge is 1.90. The third-order valence-electron chi connectivity index (χ3n) is 2.16. The number of unbranched alkanes of at least 4 members (excludes halogenated alkanes) is 1. The van der Waals surface area contributed by atoms with Crippen LogP contribution in [0.4, 0.5) is 0 Å². The van der Waals surface area contributed by atoms with Gasteiger partial charge in [-0.15, -0.1) is 6.58 Å². The summed E-state index contributed by atoms with van der Waals surface area (Å²) in [5.41, 5.74) is 4.19. The molecule has 0 aliphatic heterocycles. The molecular weight excluding hydrogens is 168 g/mol. The van der Waals surface area contributed by atoms with E-state index in [9.17, 15) is 0 Å². The summed E-state index contributed by atoms with van der Waals surface area (Å²) in [4.78, 5) is 0. The van der Waals surface area contributed by atoms with Gasteiger partial charge in [0.1, 0.15) is 0 Å². The molecule has 14 heavy (non-hydrogen) atoms. The molecular formula is C14H24. The van der Waals surface area contributed by atoms with Crippen molar-refractivity contribution in [1.82, 2.24) is 0 Å². The van der Waals surface area contributed by atoms with E-state index < -0.39 is 0 Å². The van der Waals surface area contributed by atoms with E-state index in [1.54, 1.807) is 0 Å². The Labute approximate surface area is 89.4 Å². The molecule has 0 amide bonds. The monoisotopic (exact) mass is 192 g/mol.